The summed E-state index contributed by atoms with van der Waals surface area (Å²) in [7, 11) is 3.26. The van der Waals surface area contributed by atoms with Gasteiger partial charge in [0.1, 0.15) is 11.4 Å². The standard InChI is InChI=1S/C16H21N3O4/c1-19-12-9-11(3-4-13(12)23-10-14(19)20)18-15(21)16(22-2)5-7-17-8-6-16/h3-4,9,17H,5-8,10H2,1-2H3,(H,18,21). The molecule has 0 unspecified atom stereocenters. The number of hydrogen-bond acceptors (Lipinski definition) is 5. The lowest BCUT2D eigenvalue weighted by Crippen LogP contribution is -2.51. The number of anilines is 2. The van der Waals surface area contributed by atoms with Gasteiger partial charge in [0.05, 0.1) is 5.69 Å². The van der Waals surface area contributed by atoms with Crippen molar-refractivity contribution in [3.05, 3.63) is 18.2 Å². The fraction of sp³-hybridized carbons (Fsp3) is 0.500. The number of fused-ring (bicyclic) bond motifs is 1. The van der Waals surface area contributed by atoms with E-state index in [1.165, 1.54) is 4.90 Å². The third kappa shape index (κ3) is 2.89. The summed E-state index contributed by atoms with van der Waals surface area (Å²) in [6.45, 7) is 1.53. The van der Waals surface area contributed by atoms with Crippen molar-refractivity contribution in [2.45, 2.75) is 18.4 Å². The molecule has 0 aromatic heterocycles. The molecule has 2 N–H and O–H groups in total. The van der Waals surface area contributed by atoms with Crippen molar-refractivity contribution in [3.8, 4) is 5.75 Å². The molecule has 7 nitrogen and oxygen atoms in total. The number of likely N-dealkylation sites (N-methyl/N-ethyl adjacent to an activating group) is 1. The molecule has 3 rings (SSSR count). The molecule has 23 heavy (non-hydrogen) atoms. The molecule has 1 fully saturated rings. The summed E-state index contributed by atoms with van der Waals surface area (Å²) < 4.78 is 10.9. The molecule has 0 spiro atoms. The molecule has 1 saturated heterocycles. The maximum atomic E-state index is 12.7. The van der Waals surface area contributed by atoms with Crippen LogP contribution in [0.15, 0.2) is 18.2 Å². The Bertz CT molecular complexity index is 626. The Labute approximate surface area is 134 Å². The van der Waals surface area contributed by atoms with E-state index in [2.05, 4.69) is 10.6 Å². The number of nitrogens with zero attached hydrogens (tertiary/aromatic N) is 1. The number of carbonyl (C=O) groups is 2. The largest absolute Gasteiger partial charge is 0.482 e. The highest BCUT2D eigenvalue weighted by atomic mass is 16.5. The molecular formula is C16H21N3O4. The Balaban J connectivity index is 1.80. The minimum absolute atomic E-state index is 0.0367. The van der Waals surface area contributed by atoms with Gasteiger partial charge in [-0.2, -0.15) is 0 Å². The number of rotatable bonds is 3. The number of ether oxygens (including phenoxy) is 2. The summed E-state index contributed by atoms with van der Waals surface area (Å²) in [6.07, 6.45) is 1.25. The number of piperidine rings is 1. The molecule has 0 saturated carbocycles. The number of amides is 2. The molecule has 0 bridgehead atoms. The number of nitrogens with one attached hydrogen (secondary N) is 2. The summed E-state index contributed by atoms with van der Waals surface area (Å²) in [5, 5.41) is 6.13. The molecule has 2 amide bonds. The fourth-order valence-electron chi connectivity index (χ4n) is 2.95. The summed E-state index contributed by atoms with van der Waals surface area (Å²) >= 11 is 0. The van der Waals surface area contributed by atoms with Gasteiger partial charge in [0.25, 0.3) is 11.8 Å². The Morgan fingerprint density at radius 1 is 1.39 bits per heavy atom. The Morgan fingerprint density at radius 3 is 2.83 bits per heavy atom. The lowest BCUT2D eigenvalue weighted by Gasteiger charge is -2.35. The van der Waals surface area contributed by atoms with Crippen molar-refractivity contribution in [3.63, 3.8) is 0 Å². The molecule has 0 atom stereocenters. The van der Waals surface area contributed by atoms with Crippen LogP contribution in [0.2, 0.25) is 0 Å². The second-order valence-corrected chi connectivity index (χ2v) is 5.83. The smallest absolute Gasteiger partial charge is 0.264 e. The zero-order valence-corrected chi connectivity index (χ0v) is 13.3. The van der Waals surface area contributed by atoms with Crippen LogP contribution in [0.1, 0.15) is 12.8 Å². The number of benzene rings is 1. The molecule has 0 radical (unpaired) electrons. The molecule has 2 heterocycles. The van der Waals surface area contributed by atoms with Crippen molar-refractivity contribution in [2.75, 3.05) is 44.1 Å². The van der Waals surface area contributed by atoms with Gasteiger partial charge in [0.15, 0.2) is 6.61 Å². The molecule has 7 heteroatoms. The minimum atomic E-state index is -0.806. The number of hydrogen-bond donors (Lipinski definition) is 2. The van der Waals surface area contributed by atoms with Gasteiger partial charge in [0.2, 0.25) is 0 Å². The van der Waals surface area contributed by atoms with Crippen molar-refractivity contribution < 1.29 is 19.1 Å². The van der Waals surface area contributed by atoms with Crippen LogP contribution in [0.25, 0.3) is 0 Å². The van der Waals surface area contributed by atoms with Crippen molar-refractivity contribution >= 4 is 23.2 Å². The zero-order chi connectivity index (χ0) is 16.4. The summed E-state index contributed by atoms with van der Waals surface area (Å²) in [4.78, 5) is 25.9. The Kier molecular flexibility index (Phi) is 4.23. The average Bonchev–Trinajstić information content (AvgIpc) is 2.59. The molecule has 1 aromatic rings. The lowest BCUT2D eigenvalue weighted by atomic mass is 9.91. The quantitative estimate of drug-likeness (QED) is 0.859. The van der Waals surface area contributed by atoms with Crippen LogP contribution in [0, 0.1) is 0 Å². The van der Waals surface area contributed by atoms with E-state index in [-0.39, 0.29) is 18.4 Å². The summed E-state index contributed by atoms with van der Waals surface area (Å²) in [6, 6.07) is 5.27. The van der Waals surface area contributed by atoms with Crippen LogP contribution in [-0.4, -0.2) is 51.3 Å². The Morgan fingerprint density at radius 2 is 2.13 bits per heavy atom. The predicted octanol–water partition coefficient (Wildman–Crippen LogP) is 0.749. The van der Waals surface area contributed by atoms with Gasteiger partial charge in [-0.1, -0.05) is 0 Å². The number of carbonyl (C=O) groups excluding carboxylic acids is 2. The van der Waals surface area contributed by atoms with Gasteiger partial charge in [-0.05, 0) is 44.1 Å². The minimum Gasteiger partial charge on any atom is -0.482 e. The monoisotopic (exact) mass is 319 g/mol. The molecule has 1 aromatic carbocycles. The average molecular weight is 319 g/mol. The second kappa shape index (κ2) is 6.17. The maximum Gasteiger partial charge on any atom is 0.264 e. The molecule has 0 aliphatic carbocycles. The van der Waals surface area contributed by atoms with Gasteiger partial charge < -0.3 is 25.0 Å². The summed E-state index contributed by atoms with van der Waals surface area (Å²) in [5.74, 6) is 0.355. The van der Waals surface area contributed by atoms with Gasteiger partial charge in [-0.25, -0.2) is 0 Å². The van der Waals surface area contributed by atoms with Gasteiger partial charge in [0, 0.05) is 19.8 Å². The van der Waals surface area contributed by atoms with Gasteiger partial charge >= 0.3 is 0 Å². The van der Waals surface area contributed by atoms with E-state index < -0.39 is 5.60 Å². The first kappa shape index (κ1) is 15.8. The molecule has 2 aliphatic heterocycles. The van der Waals surface area contributed by atoms with Crippen LogP contribution in [-0.2, 0) is 14.3 Å². The van der Waals surface area contributed by atoms with E-state index in [4.69, 9.17) is 9.47 Å². The molecule has 2 aliphatic rings. The molecule has 124 valence electrons. The van der Waals surface area contributed by atoms with E-state index in [9.17, 15) is 9.59 Å². The third-order valence-corrected chi connectivity index (χ3v) is 4.52. The maximum absolute atomic E-state index is 12.7. The highest BCUT2D eigenvalue weighted by Crippen LogP contribution is 2.34. The van der Waals surface area contributed by atoms with Crippen LogP contribution < -0.4 is 20.3 Å². The Hall–Kier alpha value is -2.12. The van der Waals surface area contributed by atoms with Crippen molar-refractivity contribution in [1.29, 1.82) is 0 Å². The lowest BCUT2D eigenvalue weighted by molar-refractivity contribution is -0.140. The van der Waals surface area contributed by atoms with Crippen molar-refractivity contribution in [1.82, 2.24) is 5.32 Å². The van der Waals surface area contributed by atoms with E-state index in [1.807, 2.05) is 0 Å². The van der Waals surface area contributed by atoms with Crippen LogP contribution >= 0.6 is 0 Å². The first-order valence-electron chi connectivity index (χ1n) is 7.66. The predicted molar refractivity (Wildman–Crippen MR) is 85.8 cm³/mol. The van der Waals surface area contributed by atoms with Gasteiger partial charge in [-0.3, -0.25) is 9.59 Å². The second-order valence-electron chi connectivity index (χ2n) is 5.83. The number of methoxy groups -OCH3 is 1. The van der Waals surface area contributed by atoms with Crippen LogP contribution in [0.4, 0.5) is 11.4 Å². The summed E-state index contributed by atoms with van der Waals surface area (Å²) in [5.41, 5.74) is 0.462. The SMILES string of the molecule is COC1(C(=O)Nc2ccc3c(c2)N(C)C(=O)CO3)CCNCC1. The normalized spacial score (nSPS) is 19.7. The first-order chi connectivity index (χ1) is 11.1. The molecular weight excluding hydrogens is 298 g/mol. The first-order valence-corrected chi connectivity index (χ1v) is 7.66. The van der Waals surface area contributed by atoms with E-state index in [1.54, 1.807) is 32.4 Å². The fourth-order valence-corrected chi connectivity index (χ4v) is 2.95. The van der Waals surface area contributed by atoms with Crippen LogP contribution in [0.3, 0.4) is 0 Å². The topological polar surface area (TPSA) is 79.9 Å². The van der Waals surface area contributed by atoms with E-state index in [0.29, 0.717) is 30.0 Å². The highest BCUT2D eigenvalue weighted by Gasteiger charge is 2.39. The van der Waals surface area contributed by atoms with E-state index in [0.717, 1.165) is 13.1 Å². The van der Waals surface area contributed by atoms with Gasteiger partial charge in [-0.15, -0.1) is 0 Å². The van der Waals surface area contributed by atoms with Crippen molar-refractivity contribution in [2.24, 2.45) is 0 Å². The third-order valence-electron chi connectivity index (χ3n) is 4.52. The van der Waals surface area contributed by atoms with Crippen LogP contribution in [0.5, 0.6) is 5.75 Å². The highest BCUT2D eigenvalue weighted by molar-refractivity contribution is 6.00. The zero-order valence-electron chi connectivity index (χ0n) is 13.3. The van der Waals surface area contributed by atoms with E-state index >= 15 is 0 Å².